The van der Waals surface area contributed by atoms with Crippen molar-refractivity contribution in [3.63, 3.8) is 0 Å². The van der Waals surface area contributed by atoms with E-state index >= 15 is 0 Å². The van der Waals surface area contributed by atoms with Crippen molar-refractivity contribution in [2.24, 2.45) is 0 Å². The van der Waals surface area contributed by atoms with Gasteiger partial charge in [0.05, 0.1) is 0 Å². The Bertz CT molecular complexity index is 197. The first-order valence-corrected chi connectivity index (χ1v) is 4.45. The van der Waals surface area contributed by atoms with Crippen molar-refractivity contribution in [3.8, 4) is 0 Å². The normalized spacial score (nSPS) is 13.4. The van der Waals surface area contributed by atoms with Crippen LogP contribution < -0.4 is 10.6 Å². The van der Waals surface area contributed by atoms with Crippen molar-refractivity contribution in [2.75, 3.05) is 20.3 Å². The van der Waals surface area contributed by atoms with Gasteiger partial charge in [-0.25, -0.2) is 4.79 Å². The van der Waals surface area contributed by atoms with Gasteiger partial charge in [-0.2, -0.15) is 13.2 Å². The molecule has 4 nitrogen and oxygen atoms in total. The number of hydrogen-bond donors (Lipinski definition) is 2. The van der Waals surface area contributed by atoms with Gasteiger partial charge in [-0.15, -0.1) is 0 Å². The van der Waals surface area contributed by atoms with Crippen molar-refractivity contribution < 1.29 is 22.7 Å². The Morgan fingerprint density at radius 2 is 2.07 bits per heavy atom. The van der Waals surface area contributed by atoms with Crippen LogP contribution in [0.2, 0.25) is 0 Å². The number of rotatable bonds is 5. The lowest BCUT2D eigenvalue weighted by Crippen LogP contribution is -2.44. The van der Waals surface area contributed by atoms with Crippen LogP contribution in [0.5, 0.6) is 0 Å². The lowest BCUT2D eigenvalue weighted by molar-refractivity contribution is -0.122. The van der Waals surface area contributed by atoms with Crippen molar-refractivity contribution in [3.05, 3.63) is 0 Å². The Morgan fingerprint density at radius 3 is 2.53 bits per heavy atom. The number of amides is 2. The van der Waals surface area contributed by atoms with Crippen LogP contribution in [0.15, 0.2) is 0 Å². The second-order valence-electron chi connectivity index (χ2n) is 3.12. The molecule has 0 aromatic heterocycles. The van der Waals surface area contributed by atoms with Gasteiger partial charge in [0.25, 0.3) is 0 Å². The molecule has 0 fully saturated rings. The maximum absolute atomic E-state index is 11.7. The fraction of sp³-hybridized carbons (Fsp3) is 0.875. The minimum Gasteiger partial charge on any atom is -0.385 e. The van der Waals surface area contributed by atoms with Crippen LogP contribution in [0.4, 0.5) is 18.0 Å². The summed E-state index contributed by atoms with van der Waals surface area (Å²) >= 11 is 0. The summed E-state index contributed by atoms with van der Waals surface area (Å²) in [6, 6.07) is -1.05. The quantitative estimate of drug-likeness (QED) is 0.744. The van der Waals surface area contributed by atoms with E-state index in [9.17, 15) is 18.0 Å². The summed E-state index contributed by atoms with van der Waals surface area (Å²) in [6.45, 7) is 0.808. The second-order valence-corrected chi connectivity index (χ2v) is 3.12. The fourth-order valence-electron chi connectivity index (χ4n) is 0.822. The smallest absolute Gasteiger partial charge is 0.385 e. The molecule has 0 radical (unpaired) electrons. The van der Waals surface area contributed by atoms with E-state index in [1.54, 1.807) is 12.2 Å². The summed E-state index contributed by atoms with van der Waals surface area (Å²) in [5.41, 5.74) is 0. The maximum atomic E-state index is 11.7. The number of nitrogens with one attached hydrogen (secondary N) is 2. The largest absolute Gasteiger partial charge is 0.405 e. The van der Waals surface area contributed by atoms with E-state index in [1.165, 1.54) is 7.11 Å². The fourth-order valence-corrected chi connectivity index (χ4v) is 0.822. The number of carbonyl (C=O) groups is 1. The monoisotopic (exact) mass is 228 g/mol. The van der Waals surface area contributed by atoms with E-state index in [-0.39, 0.29) is 6.04 Å². The van der Waals surface area contributed by atoms with E-state index in [0.717, 1.165) is 0 Å². The minimum absolute atomic E-state index is 0.224. The third-order valence-electron chi connectivity index (χ3n) is 1.58. The van der Waals surface area contributed by atoms with E-state index < -0.39 is 18.8 Å². The third kappa shape index (κ3) is 9.33. The van der Waals surface area contributed by atoms with Crippen LogP contribution in [0.3, 0.4) is 0 Å². The predicted molar refractivity (Wildman–Crippen MR) is 48.5 cm³/mol. The molecule has 0 aromatic rings. The molecule has 0 saturated carbocycles. The van der Waals surface area contributed by atoms with Crippen molar-refractivity contribution in [2.45, 2.75) is 25.6 Å². The SMILES string of the molecule is COCCC(C)NC(=O)NCC(F)(F)F. The molecule has 2 N–H and O–H groups in total. The number of carbonyl (C=O) groups excluding carboxylic acids is 1. The Balaban J connectivity index is 3.64. The van der Waals surface area contributed by atoms with Crippen LogP contribution in [0.25, 0.3) is 0 Å². The zero-order chi connectivity index (χ0) is 11.9. The van der Waals surface area contributed by atoms with Crippen LogP contribution in [0, 0.1) is 0 Å². The van der Waals surface area contributed by atoms with E-state index in [2.05, 4.69) is 5.32 Å². The summed E-state index contributed by atoms with van der Waals surface area (Å²) in [4.78, 5) is 10.9. The van der Waals surface area contributed by atoms with Gasteiger partial charge in [-0.3, -0.25) is 0 Å². The van der Waals surface area contributed by atoms with Crippen molar-refractivity contribution in [1.82, 2.24) is 10.6 Å². The molecule has 0 spiro atoms. The highest BCUT2D eigenvalue weighted by Crippen LogP contribution is 2.11. The highest BCUT2D eigenvalue weighted by molar-refractivity contribution is 5.74. The predicted octanol–water partition coefficient (Wildman–Crippen LogP) is 1.27. The third-order valence-corrected chi connectivity index (χ3v) is 1.58. The number of methoxy groups -OCH3 is 1. The molecule has 0 bridgehead atoms. The Labute approximate surface area is 86.2 Å². The Hall–Kier alpha value is -0.980. The summed E-state index contributed by atoms with van der Waals surface area (Å²) < 4.78 is 39.8. The van der Waals surface area contributed by atoms with Crippen LogP contribution in [-0.4, -0.2) is 38.5 Å². The minimum atomic E-state index is -4.38. The molecule has 90 valence electrons. The molecular weight excluding hydrogens is 213 g/mol. The van der Waals surface area contributed by atoms with Gasteiger partial charge >= 0.3 is 12.2 Å². The van der Waals surface area contributed by atoms with Gasteiger partial charge < -0.3 is 15.4 Å². The average Bonchev–Trinajstić information content (AvgIpc) is 2.10. The number of alkyl halides is 3. The molecule has 15 heavy (non-hydrogen) atoms. The van der Waals surface area contributed by atoms with Crippen LogP contribution >= 0.6 is 0 Å². The molecule has 0 saturated heterocycles. The van der Waals surface area contributed by atoms with Crippen molar-refractivity contribution >= 4 is 6.03 Å². The van der Waals surface area contributed by atoms with Gasteiger partial charge in [0, 0.05) is 19.8 Å². The summed E-state index contributed by atoms with van der Waals surface area (Å²) in [7, 11) is 1.51. The molecule has 1 atom stereocenters. The summed E-state index contributed by atoms with van der Waals surface area (Å²) in [5.74, 6) is 0. The van der Waals surface area contributed by atoms with E-state index in [1.807, 2.05) is 0 Å². The van der Waals surface area contributed by atoms with Gasteiger partial charge in [0.2, 0.25) is 0 Å². The molecule has 0 aromatic carbocycles. The molecule has 1 unspecified atom stereocenters. The highest BCUT2D eigenvalue weighted by Gasteiger charge is 2.27. The molecule has 7 heteroatoms. The highest BCUT2D eigenvalue weighted by atomic mass is 19.4. The number of hydrogen-bond acceptors (Lipinski definition) is 2. The number of ether oxygens (including phenoxy) is 1. The van der Waals surface area contributed by atoms with Gasteiger partial charge in [-0.05, 0) is 13.3 Å². The molecule has 0 aliphatic heterocycles. The summed E-state index contributed by atoms with van der Waals surface area (Å²) in [6.07, 6.45) is -3.83. The van der Waals surface area contributed by atoms with Gasteiger partial charge in [0.1, 0.15) is 6.54 Å². The molecule has 0 rings (SSSR count). The Kier molecular flexibility index (Phi) is 6.07. The first kappa shape index (κ1) is 14.0. The first-order valence-electron chi connectivity index (χ1n) is 4.45. The molecule has 2 amide bonds. The van der Waals surface area contributed by atoms with Gasteiger partial charge in [-0.1, -0.05) is 0 Å². The second kappa shape index (κ2) is 6.49. The topological polar surface area (TPSA) is 50.4 Å². The molecule has 0 heterocycles. The molecule has 0 aliphatic carbocycles. The molecule has 0 aliphatic rings. The number of urea groups is 1. The van der Waals surface area contributed by atoms with Gasteiger partial charge in [0.15, 0.2) is 0 Å². The summed E-state index contributed by atoms with van der Waals surface area (Å²) in [5, 5.41) is 4.07. The lowest BCUT2D eigenvalue weighted by atomic mass is 10.2. The van der Waals surface area contributed by atoms with E-state index in [0.29, 0.717) is 13.0 Å². The zero-order valence-electron chi connectivity index (χ0n) is 8.65. The first-order chi connectivity index (χ1) is 6.85. The van der Waals surface area contributed by atoms with Crippen LogP contribution in [-0.2, 0) is 4.74 Å². The molecular formula is C8H15F3N2O2. The average molecular weight is 228 g/mol. The standard InChI is InChI=1S/C8H15F3N2O2/c1-6(3-4-15-2)13-7(14)12-5-8(9,10)11/h6H,3-5H2,1-2H3,(H2,12,13,14). The van der Waals surface area contributed by atoms with E-state index in [4.69, 9.17) is 4.74 Å². The Morgan fingerprint density at radius 1 is 1.47 bits per heavy atom. The van der Waals surface area contributed by atoms with Crippen LogP contribution in [0.1, 0.15) is 13.3 Å². The zero-order valence-corrected chi connectivity index (χ0v) is 8.65. The maximum Gasteiger partial charge on any atom is 0.405 e. The number of halogens is 3. The van der Waals surface area contributed by atoms with Crippen molar-refractivity contribution in [1.29, 1.82) is 0 Å². The lowest BCUT2D eigenvalue weighted by Gasteiger charge is -2.14.